The Morgan fingerprint density at radius 1 is 0.885 bits per heavy atom. The second-order valence-corrected chi connectivity index (χ2v) is 6.96. The maximum absolute atomic E-state index is 4.59. The zero-order chi connectivity index (χ0) is 18.5. The van der Waals surface area contributed by atoms with Crippen molar-refractivity contribution in [2.45, 2.75) is 40.2 Å². The van der Waals surface area contributed by atoms with E-state index in [1.54, 1.807) is 0 Å². The molecule has 0 aliphatic heterocycles. The SMILES string of the molecule is Cc1ccc(CNc2nc(C)cc(Nc3ccc(C(C)C)cc3)n2)cc1. The van der Waals surface area contributed by atoms with Gasteiger partial charge in [0.2, 0.25) is 5.95 Å². The highest BCUT2D eigenvalue weighted by Crippen LogP contribution is 2.20. The molecule has 26 heavy (non-hydrogen) atoms. The van der Waals surface area contributed by atoms with Crippen molar-refractivity contribution in [1.29, 1.82) is 0 Å². The van der Waals surface area contributed by atoms with Crippen molar-refractivity contribution in [1.82, 2.24) is 9.97 Å². The minimum absolute atomic E-state index is 0.530. The summed E-state index contributed by atoms with van der Waals surface area (Å²) < 4.78 is 0. The average molecular weight is 346 g/mol. The van der Waals surface area contributed by atoms with Crippen LogP contribution in [-0.4, -0.2) is 9.97 Å². The fraction of sp³-hybridized carbons (Fsp3) is 0.273. The van der Waals surface area contributed by atoms with Gasteiger partial charge < -0.3 is 10.6 Å². The lowest BCUT2D eigenvalue weighted by Gasteiger charge is -2.11. The van der Waals surface area contributed by atoms with Crippen LogP contribution in [0.2, 0.25) is 0 Å². The van der Waals surface area contributed by atoms with Gasteiger partial charge in [-0.25, -0.2) is 4.98 Å². The van der Waals surface area contributed by atoms with E-state index in [0.717, 1.165) is 17.2 Å². The topological polar surface area (TPSA) is 49.8 Å². The van der Waals surface area contributed by atoms with Gasteiger partial charge in [-0.2, -0.15) is 4.98 Å². The lowest BCUT2D eigenvalue weighted by Crippen LogP contribution is -2.06. The molecule has 0 aliphatic carbocycles. The van der Waals surface area contributed by atoms with Crippen LogP contribution in [0.1, 0.15) is 42.1 Å². The summed E-state index contributed by atoms with van der Waals surface area (Å²) in [5, 5.41) is 6.68. The summed E-state index contributed by atoms with van der Waals surface area (Å²) in [6.45, 7) is 9.16. The van der Waals surface area contributed by atoms with Crippen molar-refractivity contribution >= 4 is 17.5 Å². The molecule has 4 nitrogen and oxygen atoms in total. The number of hydrogen-bond donors (Lipinski definition) is 2. The highest BCUT2D eigenvalue weighted by atomic mass is 15.1. The number of nitrogens with zero attached hydrogens (tertiary/aromatic N) is 2. The average Bonchev–Trinajstić information content (AvgIpc) is 2.61. The third-order valence-corrected chi connectivity index (χ3v) is 4.28. The van der Waals surface area contributed by atoms with E-state index in [0.29, 0.717) is 18.4 Å². The number of rotatable bonds is 6. The Balaban J connectivity index is 1.69. The van der Waals surface area contributed by atoms with E-state index in [9.17, 15) is 0 Å². The van der Waals surface area contributed by atoms with E-state index in [1.807, 2.05) is 13.0 Å². The minimum Gasteiger partial charge on any atom is -0.350 e. The first-order chi connectivity index (χ1) is 12.5. The lowest BCUT2D eigenvalue weighted by molar-refractivity contribution is 0.867. The number of benzene rings is 2. The van der Waals surface area contributed by atoms with E-state index < -0.39 is 0 Å². The number of hydrogen-bond acceptors (Lipinski definition) is 4. The molecule has 134 valence electrons. The Kier molecular flexibility index (Phi) is 5.52. The van der Waals surface area contributed by atoms with Gasteiger partial charge in [-0.15, -0.1) is 0 Å². The van der Waals surface area contributed by atoms with Crippen molar-refractivity contribution in [3.05, 3.63) is 77.0 Å². The predicted octanol–water partition coefficient (Wildman–Crippen LogP) is 5.57. The molecule has 0 bridgehead atoms. The first kappa shape index (κ1) is 17.9. The van der Waals surface area contributed by atoms with E-state index in [4.69, 9.17) is 0 Å². The zero-order valence-corrected chi connectivity index (χ0v) is 15.9. The highest BCUT2D eigenvalue weighted by molar-refractivity contribution is 5.58. The first-order valence-electron chi connectivity index (χ1n) is 9.01. The van der Waals surface area contributed by atoms with Crippen molar-refractivity contribution in [2.24, 2.45) is 0 Å². The smallest absolute Gasteiger partial charge is 0.225 e. The molecule has 0 spiro atoms. The summed E-state index contributed by atoms with van der Waals surface area (Å²) in [5.74, 6) is 1.95. The second kappa shape index (κ2) is 8.00. The van der Waals surface area contributed by atoms with Crippen LogP contribution < -0.4 is 10.6 Å². The van der Waals surface area contributed by atoms with E-state index in [2.05, 4.69) is 89.9 Å². The molecule has 0 saturated carbocycles. The Morgan fingerprint density at radius 2 is 1.58 bits per heavy atom. The molecule has 2 N–H and O–H groups in total. The summed E-state index contributed by atoms with van der Waals surface area (Å²) in [4.78, 5) is 9.07. The second-order valence-electron chi connectivity index (χ2n) is 6.96. The van der Waals surface area contributed by atoms with Crippen LogP contribution in [0, 0.1) is 13.8 Å². The van der Waals surface area contributed by atoms with Crippen molar-refractivity contribution < 1.29 is 0 Å². The van der Waals surface area contributed by atoms with Gasteiger partial charge in [0.1, 0.15) is 5.82 Å². The summed E-state index contributed by atoms with van der Waals surface area (Å²) in [5.41, 5.74) is 5.74. The lowest BCUT2D eigenvalue weighted by atomic mass is 10.0. The molecule has 3 rings (SSSR count). The Labute approximate surface area is 155 Å². The fourth-order valence-corrected chi connectivity index (χ4v) is 2.70. The Morgan fingerprint density at radius 3 is 2.23 bits per heavy atom. The molecule has 0 atom stereocenters. The van der Waals surface area contributed by atoms with Gasteiger partial charge in [-0.3, -0.25) is 0 Å². The first-order valence-corrected chi connectivity index (χ1v) is 9.01. The van der Waals surface area contributed by atoms with Crippen molar-refractivity contribution in [2.75, 3.05) is 10.6 Å². The Bertz CT molecular complexity index is 852. The normalized spacial score (nSPS) is 10.8. The molecule has 3 aromatic rings. The molecule has 0 fully saturated rings. The van der Waals surface area contributed by atoms with Crippen LogP contribution in [0.3, 0.4) is 0 Å². The van der Waals surface area contributed by atoms with Crippen LogP contribution >= 0.6 is 0 Å². The summed E-state index contributed by atoms with van der Waals surface area (Å²) in [6.07, 6.45) is 0. The van der Waals surface area contributed by atoms with Gasteiger partial charge in [-0.1, -0.05) is 55.8 Å². The quantitative estimate of drug-likeness (QED) is 0.612. The zero-order valence-electron chi connectivity index (χ0n) is 15.9. The molecule has 0 aliphatic rings. The number of aromatic nitrogens is 2. The summed E-state index contributed by atoms with van der Waals surface area (Å²) >= 11 is 0. The van der Waals surface area contributed by atoms with E-state index in [-0.39, 0.29) is 0 Å². The number of nitrogens with one attached hydrogen (secondary N) is 2. The third kappa shape index (κ3) is 4.82. The molecule has 0 unspecified atom stereocenters. The van der Waals surface area contributed by atoms with Gasteiger partial charge in [0.05, 0.1) is 0 Å². The maximum Gasteiger partial charge on any atom is 0.225 e. The van der Waals surface area contributed by atoms with E-state index in [1.165, 1.54) is 16.7 Å². The van der Waals surface area contributed by atoms with Gasteiger partial charge in [0.15, 0.2) is 0 Å². The molecular formula is C22H26N4. The summed E-state index contributed by atoms with van der Waals surface area (Å²) in [7, 11) is 0. The molecule has 1 aromatic heterocycles. The number of anilines is 3. The standard InChI is InChI=1S/C22H26N4/c1-15(2)19-9-11-20(12-10-19)25-21-13-17(4)24-22(26-21)23-14-18-7-5-16(3)6-8-18/h5-13,15H,14H2,1-4H3,(H2,23,24,25,26). The third-order valence-electron chi connectivity index (χ3n) is 4.28. The number of aryl methyl sites for hydroxylation is 2. The fourth-order valence-electron chi connectivity index (χ4n) is 2.70. The molecule has 0 radical (unpaired) electrons. The van der Waals surface area contributed by atoms with Gasteiger partial charge >= 0.3 is 0 Å². The Hall–Kier alpha value is -2.88. The van der Waals surface area contributed by atoms with Crippen molar-refractivity contribution in [3.8, 4) is 0 Å². The van der Waals surface area contributed by atoms with Crippen molar-refractivity contribution in [3.63, 3.8) is 0 Å². The van der Waals surface area contributed by atoms with Crippen LogP contribution in [0.15, 0.2) is 54.6 Å². The van der Waals surface area contributed by atoms with Crippen LogP contribution in [-0.2, 0) is 6.54 Å². The van der Waals surface area contributed by atoms with Gasteiger partial charge in [0.25, 0.3) is 0 Å². The molecule has 2 aromatic carbocycles. The molecule has 0 amide bonds. The van der Waals surface area contributed by atoms with Crippen LogP contribution in [0.4, 0.5) is 17.5 Å². The van der Waals surface area contributed by atoms with Crippen LogP contribution in [0.5, 0.6) is 0 Å². The molecular weight excluding hydrogens is 320 g/mol. The van der Waals surface area contributed by atoms with E-state index >= 15 is 0 Å². The van der Waals surface area contributed by atoms with Gasteiger partial charge in [-0.05, 0) is 43.0 Å². The minimum atomic E-state index is 0.530. The summed E-state index contributed by atoms with van der Waals surface area (Å²) in [6, 6.07) is 18.9. The monoisotopic (exact) mass is 346 g/mol. The maximum atomic E-state index is 4.59. The molecule has 1 heterocycles. The van der Waals surface area contributed by atoms with Gasteiger partial charge in [0, 0.05) is 24.0 Å². The molecule has 4 heteroatoms. The van der Waals surface area contributed by atoms with Crippen LogP contribution in [0.25, 0.3) is 0 Å². The molecule has 0 saturated heterocycles. The highest BCUT2D eigenvalue weighted by Gasteiger charge is 2.04. The predicted molar refractivity (Wildman–Crippen MR) is 109 cm³/mol. The largest absolute Gasteiger partial charge is 0.350 e.